The lowest BCUT2D eigenvalue weighted by Crippen LogP contribution is -2.45. The van der Waals surface area contributed by atoms with E-state index in [4.69, 9.17) is 18.9 Å². The standard InChI is InChI=1S/C60H71N3O10/c1-2-3-4-5-6-7-8-9-19-37-55(64)61-52(57(66)70-40-44-25-13-10-14-26-44)35-24-36-53(58(67)71-41-45-27-15-11-16-28-45)62-56(65)39-38-54(59(68)72-42-46-29-17-12-18-30-46)63-60(69)73-43-51-49-33-22-20-31-47(49)48-32-21-23-34-50(48)51/h10-18,20-23,25-34,51-54H,2-9,19,24,35-43H2,1H3,(H,61,64)(H,62,65)(H,63,69)/t52?,53?,54-/m1/s1. The van der Waals surface area contributed by atoms with Crippen LogP contribution in [0.4, 0.5) is 4.79 Å². The molecule has 386 valence electrons. The number of ether oxygens (including phenoxy) is 4. The lowest BCUT2D eigenvalue weighted by Gasteiger charge is -2.22. The molecule has 0 saturated carbocycles. The van der Waals surface area contributed by atoms with Gasteiger partial charge >= 0.3 is 24.0 Å². The minimum atomic E-state index is -1.28. The smallest absolute Gasteiger partial charge is 0.407 e. The summed E-state index contributed by atoms with van der Waals surface area (Å²) in [5, 5.41) is 8.28. The second-order valence-corrected chi connectivity index (χ2v) is 18.6. The second kappa shape index (κ2) is 30.6. The normalized spacial score (nSPS) is 12.8. The highest BCUT2D eigenvalue weighted by atomic mass is 16.6. The van der Waals surface area contributed by atoms with Gasteiger partial charge in [0.1, 0.15) is 44.6 Å². The van der Waals surface area contributed by atoms with E-state index in [1.54, 1.807) is 12.1 Å². The van der Waals surface area contributed by atoms with Crippen molar-refractivity contribution >= 4 is 35.8 Å². The van der Waals surface area contributed by atoms with Crippen LogP contribution >= 0.6 is 0 Å². The first kappa shape index (κ1) is 55.0. The van der Waals surface area contributed by atoms with Crippen LogP contribution in [0.25, 0.3) is 11.1 Å². The van der Waals surface area contributed by atoms with Gasteiger partial charge in [-0.1, -0.05) is 198 Å². The summed E-state index contributed by atoms with van der Waals surface area (Å²) in [4.78, 5) is 81.5. The van der Waals surface area contributed by atoms with Crippen LogP contribution in [-0.4, -0.2) is 60.5 Å². The van der Waals surface area contributed by atoms with Gasteiger partial charge in [-0.15, -0.1) is 0 Å². The maximum absolute atomic E-state index is 13.8. The SMILES string of the molecule is CCCCCCCCCCCC(=O)NC(CCCC(NC(=O)CC[C@@H](NC(=O)OCC1c2ccccc2-c2ccccc21)C(=O)OCc1ccccc1)C(=O)OCc1ccccc1)C(=O)OCc1ccccc1. The zero-order chi connectivity index (χ0) is 51.5. The van der Waals surface area contributed by atoms with E-state index in [1.165, 1.54) is 32.1 Å². The van der Waals surface area contributed by atoms with Gasteiger partial charge in [-0.05, 0) is 71.0 Å². The van der Waals surface area contributed by atoms with E-state index in [0.717, 1.165) is 58.2 Å². The molecular formula is C60H71N3O10. The summed E-state index contributed by atoms with van der Waals surface area (Å²) in [5.41, 5.74) is 6.45. The molecule has 3 amide bonds. The van der Waals surface area contributed by atoms with Crippen molar-refractivity contribution in [2.24, 2.45) is 0 Å². The van der Waals surface area contributed by atoms with E-state index in [2.05, 4.69) is 22.9 Å². The first-order valence-corrected chi connectivity index (χ1v) is 26.0. The summed E-state index contributed by atoms with van der Waals surface area (Å²) < 4.78 is 22.7. The molecule has 73 heavy (non-hydrogen) atoms. The Bertz CT molecular complexity index is 2460. The van der Waals surface area contributed by atoms with E-state index >= 15 is 0 Å². The third-order valence-electron chi connectivity index (χ3n) is 13.0. The van der Waals surface area contributed by atoms with Gasteiger partial charge in [0, 0.05) is 18.8 Å². The van der Waals surface area contributed by atoms with Crippen molar-refractivity contribution in [1.82, 2.24) is 16.0 Å². The molecule has 1 aliphatic rings. The monoisotopic (exact) mass is 994 g/mol. The summed E-state index contributed by atoms with van der Waals surface area (Å²) in [7, 11) is 0. The number of hydrogen-bond donors (Lipinski definition) is 3. The Balaban J connectivity index is 1.08. The lowest BCUT2D eigenvalue weighted by atomic mass is 9.98. The fourth-order valence-corrected chi connectivity index (χ4v) is 8.95. The molecule has 0 fully saturated rings. The van der Waals surface area contributed by atoms with Gasteiger partial charge in [-0.2, -0.15) is 0 Å². The number of fused-ring (bicyclic) bond motifs is 3. The van der Waals surface area contributed by atoms with Gasteiger partial charge < -0.3 is 34.9 Å². The highest BCUT2D eigenvalue weighted by molar-refractivity contribution is 5.87. The van der Waals surface area contributed by atoms with Gasteiger partial charge in [-0.3, -0.25) is 9.59 Å². The van der Waals surface area contributed by atoms with Gasteiger partial charge in [0.05, 0.1) is 0 Å². The van der Waals surface area contributed by atoms with E-state index in [-0.39, 0.29) is 76.8 Å². The number of amides is 3. The minimum absolute atomic E-state index is 0.00744. The molecule has 0 aromatic heterocycles. The van der Waals surface area contributed by atoms with Crippen LogP contribution in [0, 0.1) is 0 Å². The van der Waals surface area contributed by atoms with Crippen molar-refractivity contribution in [3.8, 4) is 11.1 Å². The Hall–Kier alpha value is -7.28. The quantitative estimate of drug-likeness (QED) is 0.0220. The lowest BCUT2D eigenvalue weighted by molar-refractivity contribution is -0.150. The van der Waals surface area contributed by atoms with Gasteiger partial charge in [0.2, 0.25) is 11.8 Å². The summed E-state index contributed by atoms with van der Waals surface area (Å²) in [6, 6.07) is 39.9. The van der Waals surface area contributed by atoms with Gasteiger partial charge in [0.15, 0.2) is 0 Å². The molecule has 0 spiro atoms. The number of alkyl carbamates (subject to hydrolysis) is 1. The molecule has 3 N–H and O–H groups in total. The molecule has 13 heteroatoms. The number of esters is 3. The second-order valence-electron chi connectivity index (χ2n) is 18.6. The number of hydrogen-bond acceptors (Lipinski definition) is 10. The fraction of sp³-hybridized carbons (Fsp3) is 0.400. The fourth-order valence-electron chi connectivity index (χ4n) is 8.95. The van der Waals surface area contributed by atoms with Crippen LogP contribution in [0.5, 0.6) is 0 Å². The van der Waals surface area contributed by atoms with Gasteiger partial charge in [-0.25, -0.2) is 19.2 Å². The van der Waals surface area contributed by atoms with Crippen LogP contribution in [-0.2, 0) is 62.7 Å². The maximum Gasteiger partial charge on any atom is 0.407 e. The molecule has 5 aromatic rings. The predicted molar refractivity (Wildman–Crippen MR) is 279 cm³/mol. The molecule has 0 bridgehead atoms. The minimum Gasteiger partial charge on any atom is -0.459 e. The summed E-state index contributed by atoms with van der Waals surface area (Å²) in [6.07, 6.45) is 9.24. The Labute approximate surface area is 430 Å². The van der Waals surface area contributed by atoms with Crippen molar-refractivity contribution in [1.29, 1.82) is 0 Å². The van der Waals surface area contributed by atoms with Crippen molar-refractivity contribution < 1.29 is 47.7 Å². The molecule has 0 aliphatic heterocycles. The zero-order valence-corrected chi connectivity index (χ0v) is 42.1. The molecule has 0 saturated heterocycles. The van der Waals surface area contributed by atoms with Crippen LogP contribution in [0.2, 0.25) is 0 Å². The molecule has 2 unspecified atom stereocenters. The first-order valence-electron chi connectivity index (χ1n) is 26.0. The molecule has 0 heterocycles. The Kier molecular flexibility index (Phi) is 23.0. The van der Waals surface area contributed by atoms with Crippen molar-refractivity contribution in [2.45, 2.75) is 147 Å². The van der Waals surface area contributed by atoms with Crippen molar-refractivity contribution in [3.63, 3.8) is 0 Å². The van der Waals surface area contributed by atoms with Crippen LogP contribution in [0.1, 0.15) is 137 Å². The number of carbonyl (C=O) groups is 6. The van der Waals surface area contributed by atoms with Crippen LogP contribution in [0.3, 0.4) is 0 Å². The average Bonchev–Trinajstić information content (AvgIpc) is 3.74. The van der Waals surface area contributed by atoms with Crippen LogP contribution < -0.4 is 16.0 Å². The Morgan fingerprint density at radius 3 is 1.25 bits per heavy atom. The summed E-state index contributed by atoms with van der Waals surface area (Å²) in [5.74, 6) is -3.16. The number of carbonyl (C=O) groups excluding carboxylic acids is 6. The van der Waals surface area contributed by atoms with Crippen molar-refractivity contribution in [2.75, 3.05) is 6.61 Å². The number of unbranched alkanes of at least 4 members (excludes halogenated alkanes) is 8. The third kappa shape index (κ3) is 18.7. The summed E-state index contributed by atoms with van der Waals surface area (Å²) >= 11 is 0. The van der Waals surface area contributed by atoms with Gasteiger partial charge in [0.25, 0.3) is 0 Å². The molecular weight excluding hydrogens is 923 g/mol. The number of benzene rings is 5. The highest BCUT2D eigenvalue weighted by Gasteiger charge is 2.31. The average molecular weight is 994 g/mol. The maximum atomic E-state index is 13.8. The topological polar surface area (TPSA) is 175 Å². The Morgan fingerprint density at radius 2 is 0.795 bits per heavy atom. The molecule has 0 radical (unpaired) electrons. The molecule has 13 nitrogen and oxygen atoms in total. The molecule has 5 aromatic carbocycles. The van der Waals surface area contributed by atoms with E-state index in [9.17, 15) is 28.8 Å². The first-order chi connectivity index (χ1) is 35.7. The van der Waals surface area contributed by atoms with E-state index in [0.29, 0.717) is 6.42 Å². The highest BCUT2D eigenvalue weighted by Crippen LogP contribution is 2.44. The Morgan fingerprint density at radius 1 is 0.411 bits per heavy atom. The number of nitrogens with one attached hydrogen (secondary N) is 3. The predicted octanol–water partition coefficient (Wildman–Crippen LogP) is 11.0. The molecule has 3 atom stereocenters. The largest absolute Gasteiger partial charge is 0.459 e. The zero-order valence-electron chi connectivity index (χ0n) is 42.1. The third-order valence-corrected chi connectivity index (χ3v) is 13.0. The summed E-state index contributed by atoms with van der Waals surface area (Å²) in [6.45, 7) is 2.12. The van der Waals surface area contributed by atoms with E-state index < -0.39 is 48.0 Å². The van der Waals surface area contributed by atoms with Crippen molar-refractivity contribution in [3.05, 3.63) is 167 Å². The molecule has 1 aliphatic carbocycles. The van der Waals surface area contributed by atoms with Crippen LogP contribution in [0.15, 0.2) is 140 Å². The molecule has 6 rings (SSSR count). The number of rotatable bonds is 31. The van der Waals surface area contributed by atoms with E-state index in [1.807, 2.05) is 127 Å².